The lowest BCUT2D eigenvalue weighted by molar-refractivity contribution is 0.0951. The van der Waals surface area contributed by atoms with Gasteiger partial charge in [0.15, 0.2) is 0 Å². The molecule has 0 unspecified atom stereocenters. The number of carbonyl (C=O) groups is 1. The minimum absolute atomic E-state index is 0.0781. The summed E-state index contributed by atoms with van der Waals surface area (Å²) in [5.41, 5.74) is 3.95. The number of rotatable bonds is 3. The molecule has 5 heteroatoms. The third-order valence-corrected chi connectivity index (χ3v) is 3.44. The van der Waals surface area contributed by atoms with E-state index in [9.17, 15) is 9.59 Å². The Labute approximate surface area is 132 Å². The SMILES string of the molecule is Cc1ccccc1/C=N/NC(=O)c1cc2ccccc2oc1=O. The van der Waals surface area contributed by atoms with Gasteiger partial charge in [0, 0.05) is 5.39 Å². The molecular formula is C18H14N2O3. The normalized spacial score (nSPS) is 11.0. The molecule has 5 nitrogen and oxygen atoms in total. The lowest BCUT2D eigenvalue weighted by Crippen LogP contribution is -2.24. The molecule has 1 heterocycles. The summed E-state index contributed by atoms with van der Waals surface area (Å²) in [6, 6.07) is 16.1. The number of benzene rings is 2. The summed E-state index contributed by atoms with van der Waals surface area (Å²) in [4.78, 5) is 24.0. The summed E-state index contributed by atoms with van der Waals surface area (Å²) < 4.78 is 5.13. The number of hydrogen-bond donors (Lipinski definition) is 1. The van der Waals surface area contributed by atoms with E-state index in [1.807, 2.05) is 31.2 Å². The van der Waals surface area contributed by atoms with E-state index in [0.717, 1.165) is 11.1 Å². The first-order valence-electron chi connectivity index (χ1n) is 7.07. The average molecular weight is 306 g/mol. The number of nitrogens with zero attached hydrogens (tertiary/aromatic N) is 1. The molecule has 1 N–H and O–H groups in total. The van der Waals surface area contributed by atoms with Crippen LogP contribution in [0, 0.1) is 6.92 Å². The summed E-state index contributed by atoms with van der Waals surface area (Å²) in [5.74, 6) is -0.602. The van der Waals surface area contributed by atoms with Gasteiger partial charge in [0.2, 0.25) is 0 Å². The van der Waals surface area contributed by atoms with Crippen molar-refractivity contribution >= 4 is 23.1 Å². The first-order valence-corrected chi connectivity index (χ1v) is 7.07. The van der Waals surface area contributed by atoms with Gasteiger partial charge in [-0.15, -0.1) is 0 Å². The molecule has 1 aromatic heterocycles. The molecule has 0 bridgehead atoms. The number of carbonyl (C=O) groups excluding carboxylic acids is 1. The number of nitrogens with one attached hydrogen (secondary N) is 1. The van der Waals surface area contributed by atoms with E-state index in [2.05, 4.69) is 10.5 Å². The van der Waals surface area contributed by atoms with E-state index in [1.165, 1.54) is 12.3 Å². The van der Waals surface area contributed by atoms with Gasteiger partial charge in [0.05, 0.1) is 6.21 Å². The van der Waals surface area contributed by atoms with Crippen LogP contribution in [0.2, 0.25) is 0 Å². The quantitative estimate of drug-likeness (QED) is 0.459. The van der Waals surface area contributed by atoms with Gasteiger partial charge in [-0.25, -0.2) is 10.2 Å². The highest BCUT2D eigenvalue weighted by molar-refractivity contribution is 5.97. The molecule has 114 valence electrons. The average Bonchev–Trinajstić information content (AvgIpc) is 2.56. The Morgan fingerprint density at radius 3 is 2.70 bits per heavy atom. The summed E-state index contributed by atoms with van der Waals surface area (Å²) in [7, 11) is 0. The first-order chi connectivity index (χ1) is 11.1. The van der Waals surface area contributed by atoms with Gasteiger partial charge >= 0.3 is 5.63 Å². The Kier molecular flexibility index (Phi) is 4.01. The van der Waals surface area contributed by atoms with Crippen LogP contribution in [0.1, 0.15) is 21.5 Å². The summed E-state index contributed by atoms with van der Waals surface area (Å²) in [5, 5.41) is 4.58. The van der Waals surface area contributed by atoms with Gasteiger partial charge < -0.3 is 4.42 Å². The summed E-state index contributed by atoms with van der Waals surface area (Å²) in [6.45, 7) is 1.95. The zero-order valence-corrected chi connectivity index (χ0v) is 12.4. The van der Waals surface area contributed by atoms with Crippen molar-refractivity contribution in [3.63, 3.8) is 0 Å². The number of para-hydroxylation sites is 1. The van der Waals surface area contributed by atoms with E-state index in [0.29, 0.717) is 11.0 Å². The van der Waals surface area contributed by atoms with Crippen LogP contribution in [-0.4, -0.2) is 12.1 Å². The van der Waals surface area contributed by atoms with Crippen molar-refractivity contribution < 1.29 is 9.21 Å². The third kappa shape index (κ3) is 3.18. The second-order valence-corrected chi connectivity index (χ2v) is 5.04. The van der Waals surface area contributed by atoms with Crippen molar-refractivity contribution in [2.24, 2.45) is 5.10 Å². The molecule has 0 saturated carbocycles. The van der Waals surface area contributed by atoms with E-state index >= 15 is 0 Å². The van der Waals surface area contributed by atoms with Gasteiger partial charge in [-0.1, -0.05) is 42.5 Å². The smallest absolute Gasteiger partial charge is 0.349 e. The maximum atomic E-state index is 12.1. The van der Waals surface area contributed by atoms with Crippen LogP contribution >= 0.6 is 0 Å². The fourth-order valence-corrected chi connectivity index (χ4v) is 2.17. The zero-order valence-electron chi connectivity index (χ0n) is 12.4. The van der Waals surface area contributed by atoms with Crippen LogP contribution in [-0.2, 0) is 0 Å². The predicted molar refractivity (Wildman–Crippen MR) is 88.7 cm³/mol. The highest BCUT2D eigenvalue weighted by atomic mass is 16.4. The second-order valence-electron chi connectivity index (χ2n) is 5.04. The van der Waals surface area contributed by atoms with E-state index in [4.69, 9.17) is 4.42 Å². The Morgan fingerprint density at radius 1 is 1.13 bits per heavy atom. The highest BCUT2D eigenvalue weighted by Gasteiger charge is 2.12. The Balaban J connectivity index is 1.82. The first kappa shape index (κ1) is 14.7. The van der Waals surface area contributed by atoms with Gasteiger partial charge in [-0.05, 0) is 30.2 Å². The predicted octanol–water partition coefficient (Wildman–Crippen LogP) is 2.87. The van der Waals surface area contributed by atoms with Gasteiger partial charge in [-0.3, -0.25) is 4.79 Å². The lowest BCUT2D eigenvalue weighted by Gasteiger charge is -2.01. The molecule has 0 aliphatic carbocycles. The Bertz CT molecular complexity index is 958. The third-order valence-electron chi connectivity index (χ3n) is 3.44. The number of fused-ring (bicyclic) bond motifs is 1. The molecule has 0 radical (unpaired) electrons. The molecule has 0 fully saturated rings. The van der Waals surface area contributed by atoms with Crippen LogP contribution < -0.4 is 11.1 Å². The summed E-state index contributed by atoms with van der Waals surface area (Å²) >= 11 is 0. The maximum absolute atomic E-state index is 12.1. The lowest BCUT2D eigenvalue weighted by atomic mass is 10.1. The monoisotopic (exact) mass is 306 g/mol. The summed E-state index contributed by atoms with van der Waals surface area (Å²) in [6.07, 6.45) is 1.54. The molecule has 0 spiro atoms. The number of amides is 1. The molecule has 3 aromatic rings. The van der Waals surface area contributed by atoms with E-state index in [-0.39, 0.29) is 5.56 Å². The van der Waals surface area contributed by atoms with E-state index < -0.39 is 11.5 Å². The van der Waals surface area contributed by atoms with Crippen molar-refractivity contribution in [3.05, 3.63) is 81.7 Å². The minimum atomic E-state index is -0.688. The molecule has 0 saturated heterocycles. The van der Waals surface area contributed by atoms with Crippen molar-refractivity contribution in [2.45, 2.75) is 6.92 Å². The fraction of sp³-hybridized carbons (Fsp3) is 0.0556. The number of hydrazone groups is 1. The molecule has 0 aliphatic heterocycles. The maximum Gasteiger partial charge on any atom is 0.349 e. The molecule has 0 atom stereocenters. The van der Waals surface area contributed by atoms with Crippen molar-refractivity contribution in [2.75, 3.05) is 0 Å². The molecule has 1 amide bonds. The topological polar surface area (TPSA) is 71.7 Å². The Morgan fingerprint density at radius 2 is 1.87 bits per heavy atom. The second kappa shape index (κ2) is 6.27. The van der Waals surface area contributed by atoms with E-state index in [1.54, 1.807) is 24.3 Å². The largest absolute Gasteiger partial charge is 0.422 e. The minimum Gasteiger partial charge on any atom is -0.422 e. The number of hydrogen-bond acceptors (Lipinski definition) is 4. The van der Waals surface area contributed by atoms with Crippen LogP contribution in [0.15, 0.2) is 68.9 Å². The van der Waals surface area contributed by atoms with Gasteiger partial charge in [0.25, 0.3) is 5.91 Å². The molecule has 0 aliphatic rings. The molecule has 3 rings (SSSR count). The molecule has 23 heavy (non-hydrogen) atoms. The van der Waals surface area contributed by atoms with Crippen LogP contribution in [0.5, 0.6) is 0 Å². The van der Waals surface area contributed by atoms with Crippen molar-refractivity contribution in [1.82, 2.24) is 5.43 Å². The van der Waals surface area contributed by atoms with Crippen molar-refractivity contribution in [3.8, 4) is 0 Å². The van der Waals surface area contributed by atoms with Crippen LogP contribution in [0.3, 0.4) is 0 Å². The number of aryl methyl sites for hydroxylation is 1. The zero-order chi connectivity index (χ0) is 16.2. The highest BCUT2D eigenvalue weighted by Crippen LogP contribution is 2.12. The van der Waals surface area contributed by atoms with Gasteiger partial charge in [0.1, 0.15) is 11.1 Å². The van der Waals surface area contributed by atoms with Crippen LogP contribution in [0.25, 0.3) is 11.0 Å². The fourth-order valence-electron chi connectivity index (χ4n) is 2.17. The molecular weight excluding hydrogens is 292 g/mol. The van der Waals surface area contributed by atoms with Crippen molar-refractivity contribution in [1.29, 1.82) is 0 Å². The standard InChI is InChI=1S/C18H14N2O3/c1-12-6-2-3-8-14(12)11-19-20-17(21)15-10-13-7-4-5-9-16(13)23-18(15)22/h2-11H,1H3,(H,20,21)/b19-11+. The van der Waals surface area contributed by atoms with Crippen LogP contribution in [0.4, 0.5) is 0 Å². The molecule has 2 aromatic carbocycles. The Hall–Kier alpha value is -3.21. The van der Waals surface area contributed by atoms with Gasteiger partial charge in [-0.2, -0.15) is 5.10 Å².